The van der Waals surface area contributed by atoms with Crippen LogP contribution in [-0.2, 0) is 19.4 Å². The van der Waals surface area contributed by atoms with Crippen LogP contribution in [0.2, 0.25) is 0 Å². The molecule has 1 aliphatic carbocycles. The highest BCUT2D eigenvalue weighted by atomic mass is 32.1. The molecule has 0 atom stereocenters. The molecule has 0 amide bonds. The van der Waals surface area contributed by atoms with Crippen molar-refractivity contribution in [3.8, 4) is 6.07 Å². The number of anilines is 1. The molecule has 5 heteroatoms. The van der Waals surface area contributed by atoms with E-state index in [0.717, 1.165) is 24.2 Å². The number of rotatable bonds is 3. The summed E-state index contributed by atoms with van der Waals surface area (Å²) in [4.78, 5) is 8.85. The molecule has 0 aromatic carbocycles. The monoisotopic (exact) mass is 270 g/mol. The third-order valence-corrected chi connectivity index (χ3v) is 3.98. The van der Waals surface area contributed by atoms with E-state index in [4.69, 9.17) is 0 Å². The second-order valence-corrected chi connectivity index (χ2v) is 5.36. The van der Waals surface area contributed by atoms with Crippen molar-refractivity contribution in [3.63, 3.8) is 0 Å². The van der Waals surface area contributed by atoms with E-state index in [1.165, 1.54) is 18.4 Å². The molecule has 2 aromatic rings. The van der Waals surface area contributed by atoms with Gasteiger partial charge < -0.3 is 5.32 Å². The Balaban J connectivity index is 1.85. The molecule has 0 bridgehead atoms. The Bertz CT molecular complexity index is 613. The summed E-state index contributed by atoms with van der Waals surface area (Å²) in [5, 5.41) is 14.5. The summed E-state index contributed by atoms with van der Waals surface area (Å²) >= 11 is 1.57. The number of pyridine rings is 1. The Kier molecular flexibility index (Phi) is 3.43. The van der Waals surface area contributed by atoms with Crippen molar-refractivity contribution < 1.29 is 0 Å². The van der Waals surface area contributed by atoms with E-state index >= 15 is 0 Å². The summed E-state index contributed by atoms with van der Waals surface area (Å²) in [6.07, 6.45) is 4.46. The smallest absolute Gasteiger partial charge is 0.144 e. The number of hydrogen-bond donors (Lipinski definition) is 1. The SMILES string of the molecule is N#Cc1cc2c(nc1NCc1cscn1)CCCC2. The summed E-state index contributed by atoms with van der Waals surface area (Å²) in [5.74, 6) is 0.691. The van der Waals surface area contributed by atoms with Gasteiger partial charge in [-0.3, -0.25) is 0 Å². The fourth-order valence-corrected chi connectivity index (χ4v) is 2.91. The van der Waals surface area contributed by atoms with E-state index in [-0.39, 0.29) is 0 Å². The van der Waals surface area contributed by atoms with Gasteiger partial charge >= 0.3 is 0 Å². The van der Waals surface area contributed by atoms with Crippen LogP contribution >= 0.6 is 11.3 Å². The van der Waals surface area contributed by atoms with Crippen LogP contribution in [0.25, 0.3) is 0 Å². The van der Waals surface area contributed by atoms with Gasteiger partial charge in [0.15, 0.2) is 0 Å². The van der Waals surface area contributed by atoms with Gasteiger partial charge in [0.05, 0.1) is 23.3 Å². The summed E-state index contributed by atoms with van der Waals surface area (Å²) < 4.78 is 0. The third kappa shape index (κ3) is 2.59. The average molecular weight is 270 g/mol. The number of aromatic nitrogens is 2. The quantitative estimate of drug-likeness (QED) is 0.931. The molecule has 0 saturated carbocycles. The van der Waals surface area contributed by atoms with Gasteiger partial charge in [-0.1, -0.05) is 0 Å². The van der Waals surface area contributed by atoms with Gasteiger partial charge in [-0.2, -0.15) is 5.26 Å². The number of nitrogens with zero attached hydrogens (tertiary/aromatic N) is 3. The lowest BCUT2D eigenvalue weighted by atomic mass is 9.95. The minimum absolute atomic E-state index is 0.615. The lowest BCUT2D eigenvalue weighted by Gasteiger charge is -2.17. The van der Waals surface area contributed by atoms with Gasteiger partial charge in [-0.05, 0) is 37.3 Å². The van der Waals surface area contributed by atoms with E-state index in [1.807, 2.05) is 17.0 Å². The second kappa shape index (κ2) is 5.37. The highest BCUT2D eigenvalue weighted by molar-refractivity contribution is 7.07. The number of aryl methyl sites for hydroxylation is 2. The van der Waals surface area contributed by atoms with Crippen molar-refractivity contribution in [2.45, 2.75) is 32.2 Å². The van der Waals surface area contributed by atoms with Crippen molar-refractivity contribution in [1.82, 2.24) is 9.97 Å². The van der Waals surface area contributed by atoms with Crippen LogP contribution in [0.3, 0.4) is 0 Å². The van der Waals surface area contributed by atoms with Crippen LogP contribution < -0.4 is 5.32 Å². The van der Waals surface area contributed by atoms with Crippen LogP contribution in [0.15, 0.2) is 17.0 Å². The normalized spacial score (nSPS) is 13.6. The van der Waals surface area contributed by atoms with Crippen molar-refractivity contribution in [2.24, 2.45) is 0 Å². The number of fused-ring (bicyclic) bond motifs is 1. The summed E-state index contributed by atoms with van der Waals surface area (Å²) in [7, 11) is 0. The molecular formula is C14H14N4S. The molecule has 0 saturated heterocycles. The molecule has 3 rings (SSSR count). The van der Waals surface area contributed by atoms with Gasteiger partial charge in [0.25, 0.3) is 0 Å². The average Bonchev–Trinajstić information content (AvgIpc) is 2.97. The maximum Gasteiger partial charge on any atom is 0.144 e. The molecule has 19 heavy (non-hydrogen) atoms. The Hall–Kier alpha value is -1.93. The first kappa shape index (κ1) is 12.1. The van der Waals surface area contributed by atoms with E-state index < -0.39 is 0 Å². The van der Waals surface area contributed by atoms with Gasteiger partial charge in [0.2, 0.25) is 0 Å². The van der Waals surface area contributed by atoms with E-state index in [2.05, 4.69) is 21.4 Å². The predicted molar refractivity (Wildman–Crippen MR) is 75.0 cm³/mol. The Labute approximate surface area is 116 Å². The molecule has 4 nitrogen and oxygen atoms in total. The van der Waals surface area contributed by atoms with Crippen LogP contribution in [0.1, 0.15) is 35.4 Å². The predicted octanol–water partition coefficient (Wildman–Crippen LogP) is 2.90. The maximum absolute atomic E-state index is 9.23. The molecule has 0 unspecified atom stereocenters. The van der Waals surface area contributed by atoms with Crippen LogP contribution in [0, 0.1) is 11.3 Å². The fraction of sp³-hybridized carbons (Fsp3) is 0.357. The fourth-order valence-electron chi connectivity index (χ4n) is 2.35. The highest BCUT2D eigenvalue weighted by Gasteiger charge is 2.15. The topological polar surface area (TPSA) is 61.6 Å². The lowest BCUT2D eigenvalue weighted by molar-refractivity contribution is 0.668. The zero-order valence-corrected chi connectivity index (χ0v) is 11.3. The molecule has 1 N–H and O–H groups in total. The number of nitriles is 1. The minimum Gasteiger partial charge on any atom is -0.363 e. The summed E-state index contributed by atoms with van der Waals surface area (Å²) in [5.41, 5.74) is 5.81. The van der Waals surface area contributed by atoms with Crippen molar-refractivity contribution in [2.75, 3.05) is 5.32 Å². The zero-order chi connectivity index (χ0) is 13.1. The molecule has 0 fully saturated rings. The van der Waals surface area contributed by atoms with Gasteiger partial charge in [-0.25, -0.2) is 9.97 Å². The molecule has 0 spiro atoms. The molecule has 0 aliphatic heterocycles. The molecular weight excluding hydrogens is 256 g/mol. The van der Waals surface area contributed by atoms with E-state index in [9.17, 15) is 5.26 Å². The van der Waals surface area contributed by atoms with E-state index in [0.29, 0.717) is 17.9 Å². The first-order valence-corrected chi connectivity index (χ1v) is 7.35. The second-order valence-electron chi connectivity index (χ2n) is 4.64. The van der Waals surface area contributed by atoms with Crippen molar-refractivity contribution in [3.05, 3.63) is 39.5 Å². The first-order chi connectivity index (χ1) is 9.36. The number of nitrogens with one attached hydrogen (secondary N) is 1. The van der Waals surface area contributed by atoms with Crippen LogP contribution in [0.5, 0.6) is 0 Å². The molecule has 2 heterocycles. The van der Waals surface area contributed by atoms with E-state index in [1.54, 1.807) is 11.3 Å². The molecule has 0 radical (unpaired) electrons. The lowest BCUT2D eigenvalue weighted by Crippen LogP contribution is -2.10. The first-order valence-electron chi connectivity index (χ1n) is 6.40. The summed E-state index contributed by atoms with van der Waals surface area (Å²) in [6, 6.07) is 4.22. The zero-order valence-electron chi connectivity index (χ0n) is 10.5. The maximum atomic E-state index is 9.23. The highest BCUT2D eigenvalue weighted by Crippen LogP contribution is 2.24. The number of hydrogen-bond acceptors (Lipinski definition) is 5. The van der Waals surface area contributed by atoms with Crippen LogP contribution in [-0.4, -0.2) is 9.97 Å². The van der Waals surface area contributed by atoms with Gasteiger partial charge in [0.1, 0.15) is 11.9 Å². The Morgan fingerprint density at radius 1 is 1.37 bits per heavy atom. The Morgan fingerprint density at radius 2 is 2.26 bits per heavy atom. The third-order valence-electron chi connectivity index (χ3n) is 3.34. The Morgan fingerprint density at radius 3 is 3.05 bits per heavy atom. The largest absolute Gasteiger partial charge is 0.363 e. The van der Waals surface area contributed by atoms with Gasteiger partial charge in [0, 0.05) is 11.1 Å². The molecule has 2 aromatic heterocycles. The minimum atomic E-state index is 0.615. The standard InChI is InChI=1S/C14H14N4S/c15-6-11-5-10-3-1-2-4-13(10)18-14(11)16-7-12-8-19-9-17-12/h5,8-9H,1-4,7H2,(H,16,18). The van der Waals surface area contributed by atoms with Crippen molar-refractivity contribution >= 4 is 17.2 Å². The van der Waals surface area contributed by atoms with Gasteiger partial charge in [-0.15, -0.1) is 11.3 Å². The molecule has 96 valence electrons. The summed E-state index contributed by atoms with van der Waals surface area (Å²) in [6.45, 7) is 0.615. The van der Waals surface area contributed by atoms with Crippen LogP contribution in [0.4, 0.5) is 5.82 Å². The molecule has 1 aliphatic rings. The number of thiazole rings is 1. The van der Waals surface area contributed by atoms with Crippen molar-refractivity contribution in [1.29, 1.82) is 5.26 Å².